The Morgan fingerprint density at radius 1 is 1.43 bits per heavy atom. The number of nitrogens with two attached hydrogens (primary N) is 1. The summed E-state index contributed by atoms with van der Waals surface area (Å²) in [6.45, 7) is 1.97. The van der Waals surface area contributed by atoms with Gasteiger partial charge in [-0.3, -0.25) is 0 Å². The first-order chi connectivity index (χ1) is 6.68. The quantitative estimate of drug-likeness (QED) is 0.692. The third-order valence-electron chi connectivity index (χ3n) is 1.69. The zero-order chi connectivity index (χ0) is 10.4. The van der Waals surface area contributed by atoms with Crippen molar-refractivity contribution in [2.75, 3.05) is 0 Å². The lowest BCUT2D eigenvalue weighted by Crippen LogP contribution is -2.12. The summed E-state index contributed by atoms with van der Waals surface area (Å²) in [6.07, 6.45) is 11.1. The minimum absolute atomic E-state index is 0.553. The molecule has 0 saturated carbocycles. The molecule has 0 atom stereocenters. The van der Waals surface area contributed by atoms with Crippen LogP contribution in [0.4, 0.5) is 4.79 Å². The van der Waals surface area contributed by atoms with Crippen molar-refractivity contribution in [3.63, 3.8) is 0 Å². The minimum Gasteiger partial charge on any atom is -0.415 e. The molecule has 0 bridgehead atoms. The Labute approximate surface area is 83.2 Å². The molecule has 0 radical (unpaired) electrons. The Morgan fingerprint density at radius 2 is 2.21 bits per heavy atom. The molecule has 14 heavy (non-hydrogen) atoms. The SMILES string of the molecule is CC1=C/C=C(/OC(N)=O)C/C=C/C=C\1. The van der Waals surface area contributed by atoms with E-state index < -0.39 is 6.09 Å². The van der Waals surface area contributed by atoms with Crippen LogP contribution < -0.4 is 5.73 Å². The number of primary amides is 1. The fourth-order valence-electron chi connectivity index (χ4n) is 1.02. The van der Waals surface area contributed by atoms with E-state index in [1.54, 1.807) is 6.08 Å². The van der Waals surface area contributed by atoms with E-state index in [1.807, 2.05) is 37.3 Å². The minimum atomic E-state index is -0.775. The van der Waals surface area contributed by atoms with Crippen molar-refractivity contribution in [3.05, 3.63) is 47.8 Å². The molecule has 74 valence electrons. The number of rotatable bonds is 1. The number of carbonyl (C=O) groups excluding carboxylic acids is 1. The predicted octanol–water partition coefficient (Wildman–Crippen LogP) is 2.43. The molecule has 0 saturated heterocycles. The lowest BCUT2D eigenvalue weighted by atomic mass is 10.2. The summed E-state index contributed by atoms with van der Waals surface area (Å²) < 4.78 is 4.81. The Morgan fingerprint density at radius 3 is 2.93 bits per heavy atom. The maximum Gasteiger partial charge on any atom is 0.409 e. The third kappa shape index (κ3) is 3.76. The second kappa shape index (κ2) is 5.07. The Bertz CT molecular complexity index is 335. The van der Waals surface area contributed by atoms with Gasteiger partial charge < -0.3 is 10.5 Å². The number of ether oxygens (including phenoxy) is 1. The van der Waals surface area contributed by atoms with E-state index in [0.717, 1.165) is 5.57 Å². The number of allylic oxidation sites excluding steroid dienone is 7. The summed E-state index contributed by atoms with van der Waals surface area (Å²) in [5.74, 6) is 0.553. The Hall–Kier alpha value is -1.77. The standard InChI is InChI=1S/C11H13NO2/c1-9-5-3-2-4-6-10(8-7-9)14-11(12)13/h2-5,7-8H,6H2,1H3,(H2,12,13)/b4-2+,5-3-,9-7-,10-8+. The lowest BCUT2D eigenvalue weighted by molar-refractivity contribution is 0.185. The molecule has 3 heteroatoms. The molecule has 0 fully saturated rings. The van der Waals surface area contributed by atoms with Crippen LogP contribution >= 0.6 is 0 Å². The average Bonchev–Trinajstić information content (AvgIpc) is 2.19. The molecular formula is C11H13NO2. The topological polar surface area (TPSA) is 52.3 Å². The van der Waals surface area contributed by atoms with Crippen LogP contribution in [0, 0.1) is 0 Å². The first kappa shape index (κ1) is 10.3. The maximum atomic E-state index is 10.5. The van der Waals surface area contributed by atoms with Gasteiger partial charge in [-0.05, 0) is 13.0 Å². The van der Waals surface area contributed by atoms with Crippen LogP contribution in [0.25, 0.3) is 0 Å². The largest absolute Gasteiger partial charge is 0.415 e. The maximum absolute atomic E-state index is 10.5. The van der Waals surface area contributed by atoms with Crippen molar-refractivity contribution in [3.8, 4) is 0 Å². The summed E-state index contributed by atoms with van der Waals surface area (Å²) >= 11 is 0. The van der Waals surface area contributed by atoms with Crippen molar-refractivity contribution in [1.82, 2.24) is 0 Å². The van der Waals surface area contributed by atoms with E-state index in [0.29, 0.717) is 12.2 Å². The fraction of sp³-hybridized carbons (Fsp3) is 0.182. The molecule has 2 N–H and O–H groups in total. The molecule has 1 aliphatic carbocycles. The van der Waals surface area contributed by atoms with Gasteiger partial charge in [0.2, 0.25) is 0 Å². The van der Waals surface area contributed by atoms with E-state index in [4.69, 9.17) is 10.5 Å². The second-order valence-corrected chi connectivity index (χ2v) is 2.96. The molecule has 0 aromatic heterocycles. The predicted molar refractivity (Wildman–Crippen MR) is 55.4 cm³/mol. The number of carbonyl (C=O) groups is 1. The normalized spacial score (nSPS) is 28.1. The molecule has 1 amide bonds. The van der Waals surface area contributed by atoms with Gasteiger partial charge in [-0.2, -0.15) is 0 Å². The summed E-state index contributed by atoms with van der Waals surface area (Å²) in [4.78, 5) is 10.5. The summed E-state index contributed by atoms with van der Waals surface area (Å²) in [5.41, 5.74) is 6.01. The van der Waals surface area contributed by atoms with Crippen molar-refractivity contribution in [1.29, 1.82) is 0 Å². The molecule has 0 aromatic carbocycles. The van der Waals surface area contributed by atoms with Gasteiger partial charge in [-0.25, -0.2) is 4.79 Å². The molecule has 1 rings (SSSR count). The third-order valence-corrected chi connectivity index (χ3v) is 1.69. The molecule has 0 heterocycles. The van der Waals surface area contributed by atoms with E-state index in [9.17, 15) is 4.79 Å². The molecule has 0 aliphatic heterocycles. The first-order valence-electron chi connectivity index (χ1n) is 4.36. The summed E-state index contributed by atoms with van der Waals surface area (Å²) in [5, 5.41) is 0. The van der Waals surface area contributed by atoms with Crippen LogP contribution in [0.1, 0.15) is 13.3 Å². The molecule has 1 aliphatic rings. The highest BCUT2D eigenvalue weighted by molar-refractivity contribution is 5.66. The fourth-order valence-corrected chi connectivity index (χ4v) is 1.02. The first-order valence-corrected chi connectivity index (χ1v) is 4.36. The van der Waals surface area contributed by atoms with Crippen LogP contribution in [0.2, 0.25) is 0 Å². The van der Waals surface area contributed by atoms with Crippen molar-refractivity contribution in [2.45, 2.75) is 13.3 Å². The highest BCUT2D eigenvalue weighted by Crippen LogP contribution is 2.09. The van der Waals surface area contributed by atoms with Crippen LogP contribution in [0.3, 0.4) is 0 Å². The second-order valence-electron chi connectivity index (χ2n) is 2.96. The number of amides is 1. The van der Waals surface area contributed by atoms with Gasteiger partial charge in [0.25, 0.3) is 0 Å². The van der Waals surface area contributed by atoms with Gasteiger partial charge in [-0.15, -0.1) is 0 Å². The highest BCUT2D eigenvalue weighted by atomic mass is 16.5. The highest BCUT2D eigenvalue weighted by Gasteiger charge is 1.99. The van der Waals surface area contributed by atoms with Gasteiger partial charge in [0, 0.05) is 6.42 Å². The monoisotopic (exact) mass is 191 g/mol. The summed E-state index contributed by atoms with van der Waals surface area (Å²) in [6, 6.07) is 0. The lowest BCUT2D eigenvalue weighted by Gasteiger charge is -2.01. The molecule has 3 nitrogen and oxygen atoms in total. The number of hydrogen-bond acceptors (Lipinski definition) is 2. The number of hydrogen-bond donors (Lipinski definition) is 1. The molecule has 0 unspecified atom stereocenters. The van der Waals surface area contributed by atoms with Crippen LogP contribution in [0.15, 0.2) is 47.8 Å². The summed E-state index contributed by atoms with van der Waals surface area (Å²) in [7, 11) is 0. The smallest absolute Gasteiger partial charge is 0.409 e. The molecule has 0 aromatic rings. The van der Waals surface area contributed by atoms with Gasteiger partial charge in [0.05, 0.1) is 0 Å². The van der Waals surface area contributed by atoms with E-state index in [-0.39, 0.29) is 0 Å². The van der Waals surface area contributed by atoms with Gasteiger partial charge in [0.15, 0.2) is 0 Å². The molecular weight excluding hydrogens is 178 g/mol. The van der Waals surface area contributed by atoms with Gasteiger partial charge in [-0.1, -0.05) is 36.0 Å². The zero-order valence-electron chi connectivity index (χ0n) is 8.07. The van der Waals surface area contributed by atoms with Crippen LogP contribution in [0.5, 0.6) is 0 Å². The van der Waals surface area contributed by atoms with E-state index in [2.05, 4.69) is 0 Å². The van der Waals surface area contributed by atoms with Crippen LogP contribution in [-0.4, -0.2) is 6.09 Å². The Balaban J connectivity index is 2.80. The van der Waals surface area contributed by atoms with Gasteiger partial charge >= 0.3 is 6.09 Å². The van der Waals surface area contributed by atoms with Crippen LogP contribution in [-0.2, 0) is 4.74 Å². The van der Waals surface area contributed by atoms with Gasteiger partial charge in [0.1, 0.15) is 5.76 Å². The van der Waals surface area contributed by atoms with E-state index in [1.165, 1.54) is 0 Å². The average molecular weight is 191 g/mol. The Kier molecular flexibility index (Phi) is 3.73. The van der Waals surface area contributed by atoms with Crippen molar-refractivity contribution in [2.24, 2.45) is 5.73 Å². The van der Waals surface area contributed by atoms with Crippen molar-refractivity contribution < 1.29 is 9.53 Å². The van der Waals surface area contributed by atoms with Crippen molar-refractivity contribution >= 4 is 6.09 Å². The van der Waals surface area contributed by atoms with E-state index >= 15 is 0 Å². The molecule has 0 spiro atoms. The zero-order valence-corrected chi connectivity index (χ0v) is 8.07.